The maximum absolute atomic E-state index is 11.3. The van der Waals surface area contributed by atoms with Crippen LogP contribution in [0.3, 0.4) is 0 Å². The van der Waals surface area contributed by atoms with Crippen LogP contribution in [0.15, 0.2) is 0 Å². The van der Waals surface area contributed by atoms with Gasteiger partial charge in [0.15, 0.2) is 0 Å². The quantitative estimate of drug-likeness (QED) is 0.531. The SMILES string of the molecule is CC(C)NC(=O)CCSCC[N+](C)(C)C. The zero-order valence-electron chi connectivity index (χ0n) is 10.7. The summed E-state index contributed by atoms with van der Waals surface area (Å²) in [6.07, 6.45) is 0.639. The molecule has 0 saturated heterocycles. The van der Waals surface area contributed by atoms with E-state index in [0.717, 1.165) is 22.5 Å². The number of amides is 1. The van der Waals surface area contributed by atoms with Crippen LogP contribution >= 0.6 is 11.8 Å². The standard InChI is InChI=1S/C11H24N2OS/c1-10(2)12-11(14)6-8-15-9-7-13(3,4)5/h10H,6-9H2,1-5H3/p+1. The Morgan fingerprint density at radius 2 is 1.87 bits per heavy atom. The highest BCUT2D eigenvalue weighted by Gasteiger charge is 2.07. The molecule has 0 aromatic rings. The number of carbonyl (C=O) groups is 1. The highest BCUT2D eigenvalue weighted by atomic mass is 32.2. The van der Waals surface area contributed by atoms with E-state index in [-0.39, 0.29) is 11.9 Å². The number of hydrogen-bond donors (Lipinski definition) is 1. The molecule has 0 bridgehead atoms. The van der Waals surface area contributed by atoms with Crippen molar-refractivity contribution in [1.29, 1.82) is 0 Å². The average Bonchev–Trinajstić information content (AvgIpc) is 1.99. The van der Waals surface area contributed by atoms with Crippen molar-refractivity contribution in [2.24, 2.45) is 0 Å². The van der Waals surface area contributed by atoms with E-state index in [4.69, 9.17) is 0 Å². The summed E-state index contributed by atoms with van der Waals surface area (Å²) in [7, 11) is 6.56. The second kappa shape index (κ2) is 7.12. The molecule has 0 unspecified atom stereocenters. The molecule has 1 N–H and O–H groups in total. The molecule has 0 aliphatic rings. The monoisotopic (exact) mass is 233 g/mol. The van der Waals surface area contributed by atoms with E-state index in [1.165, 1.54) is 0 Å². The van der Waals surface area contributed by atoms with Gasteiger partial charge >= 0.3 is 0 Å². The van der Waals surface area contributed by atoms with Crippen molar-refractivity contribution >= 4 is 17.7 Å². The summed E-state index contributed by atoms with van der Waals surface area (Å²) in [6, 6.07) is 0.258. The number of nitrogens with zero attached hydrogens (tertiary/aromatic N) is 1. The fraction of sp³-hybridized carbons (Fsp3) is 0.909. The molecular formula is C11H25N2OS+. The topological polar surface area (TPSA) is 29.1 Å². The minimum Gasteiger partial charge on any atom is -0.354 e. The lowest BCUT2D eigenvalue weighted by Gasteiger charge is -2.23. The van der Waals surface area contributed by atoms with Crippen molar-refractivity contribution in [1.82, 2.24) is 5.32 Å². The van der Waals surface area contributed by atoms with E-state index in [1.54, 1.807) is 0 Å². The summed E-state index contributed by atoms with van der Waals surface area (Å²) in [5.74, 6) is 2.22. The lowest BCUT2D eigenvalue weighted by atomic mass is 10.3. The van der Waals surface area contributed by atoms with Crippen LogP contribution in [0.1, 0.15) is 20.3 Å². The Morgan fingerprint density at radius 1 is 1.27 bits per heavy atom. The molecule has 90 valence electrons. The third-order valence-electron chi connectivity index (χ3n) is 1.83. The Bertz CT molecular complexity index is 188. The molecule has 15 heavy (non-hydrogen) atoms. The summed E-state index contributed by atoms with van der Waals surface area (Å²) in [5, 5.41) is 2.89. The van der Waals surface area contributed by atoms with Crippen molar-refractivity contribution in [2.75, 3.05) is 39.2 Å². The van der Waals surface area contributed by atoms with Gasteiger partial charge in [-0.1, -0.05) is 0 Å². The molecular weight excluding hydrogens is 208 g/mol. The average molecular weight is 233 g/mol. The van der Waals surface area contributed by atoms with E-state index in [0.29, 0.717) is 6.42 Å². The summed E-state index contributed by atoms with van der Waals surface area (Å²) >= 11 is 1.86. The van der Waals surface area contributed by atoms with Crippen molar-refractivity contribution in [2.45, 2.75) is 26.3 Å². The number of rotatable bonds is 7. The van der Waals surface area contributed by atoms with Crippen LogP contribution in [0, 0.1) is 0 Å². The second-order valence-corrected chi connectivity index (χ2v) is 6.32. The maximum Gasteiger partial charge on any atom is 0.221 e. The third-order valence-corrected chi connectivity index (χ3v) is 2.79. The summed E-state index contributed by atoms with van der Waals surface area (Å²) < 4.78 is 0.991. The Hall–Kier alpha value is -0.220. The normalized spacial score (nSPS) is 11.9. The van der Waals surface area contributed by atoms with Crippen molar-refractivity contribution in [3.63, 3.8) is 0 Å². The van der Waals surface area contributed by atoms with Gasteiger partial charge in [-0.15, -0.1) is 0 Å². The first-order valence-electron chi connectivity index (χ1n) is 5.49. The Labute approximate surface area is 98.2 Å². The van der Waals surface area contributed by atoms with Crippen LogP contribution in [0.25, 0.3) is 0 Å². The van der Waals surface area contributed by atoms with Crippen LogP contribution in [-0.2, 0) is 4.79 Å². The molecule has 0 aromatic heterocycles. The molecule has 3 nitrogen and oxygen atoms in total. The van der Waals surface area contributed by atoms with Gasteiger partial charge in [0.25, 0.3) is 0 Å². The van der Waals surface area contributed by atoms with E-state index < -0.39 is 0 Å². The molecule has 0 atom stereocenters. The Morgan fingerprint density at radius 3 is 2.33 bits per heavy atom. The smallest absolute Gasteiger partial charge is 0.221 e. The van der Waals surface area contributed by atoms with E-state index in [9.17, 15) is 4.79 Å². The van der Waals surface area contributed by atoms with Crippen LogP contribution in [0.2, 0.25) is 0 Å². The number of nitrogens with one attached hydrogen (secondary N) is 1. The molecule has 0 saturated carbocycles. The van der Waals surface area contributed by atoms with Crippen molar-refractivity contribution < 1.29 is 9.28 Å². The van der Waals surface area contributed by atoms with E-state index >= 15 is 0 Å². The Kier molecular flexibility index (Phi) is 7.02. The first kappa shape index (κ1) is 14.8. The fourth-order valence-electron chi connectivity index (χ4n) is 0.999. The van der Waals surface area contributed by atoms with Gasteiger partial charge < -0.3 is 9.80 Å². The largest absolute Gasteiger partial charge is 0.354 e. The highest BCUT2D eigenvalue weighted by Crippen LogP contribution is 2.04. The van der Waals surface area contributed by atoms with Gasteiger partial charge in [-0.3, -0.25) is 4.79 Å². The highest BCUT2D eigenvalue weighted by molar-refractivity contribution is 7.99. The predicted molar refractivity (Wildman–Crippen MR) is 68.1 cm³/mol. The van der Waals surface area contributed by atoms with Crippen LogP contribution in [0.5, 0.6) is 0 Å². The summed E-state index contributed by atoms with van der Waals surface area (Å²) in [6.45, 7) is 5.13. The van der Waals surface area contributed by atoms with Crippen molar-refractivity contribution in [3.8, 4) is 0 Å². The molecule has 1 amide bonds. The van der Waals surface area contributed by atoms with Gasteiger partial charge in [0, 0.05) is 24.0 Å². The number of quaternary nitrogens is 1. The molecule has 0 radical (unpaired) electrons. The predicted octanol–water partition coefficient (Wildman–Crippen LogP) is 1.34. The van der Waals surface area contributed by atoms with Crippen LogP contribution < -0.4 is 5.32 Å². The van der Waals surface area contributed by atoms with Gasteiger partial charge in [0.2, 0.25) is 5.91 Å². The fourth-order valence-corrected chi connectivity index (χ4v) is 2.21. The minimum atomic E-state index is 0.169. The lowest BCUT2D eigenvalue weighted by molar-refractivity contribution is -0.867. The van der Waals surface area contributed by atoms with Gasteiger partial charge in [-0.05, 0) is 13.8 Å². The second-order valence-electron chi connectivity index (χ2n) is 5.10. The maximum atomic E-state index is 11.3. The van der Waals surface area contributed by atoms with E-state index in [2.05, 4.69) is 26.5 Å². The van der Waals surface area contributed by atoms with Gasteiger partial charge in [-0.2, -0.15) is 11.8 Å². The molecule has 0 aliphatic heterocycles. The Balaban J connectivity index is 3.35. The third kappa shape index (κ3) is 11.7. The number of hydrogen-bond acceptors (Lipinski definition) is 2. The summed E-state index contributed by atoms with van der Waals surface area (Å²) in [5.41, 5.74) is 0. The van der Waals surface area contributed by atoms with Gasteiger partial charge in [-0.25, -0.2) is 0 Å². The molecule has 0 spiro atoms. The molecule has 0 aliphatic carbocycles. The summed E-state index contributed by atoms with van der Waals surface area (Å²) in [4.78, 5) is 11.3. The van der Waals surface area contributed by atoms with Gasteiger partial charge in [0.1, 0.15) is 0 Å². The molecule has 0 aromatic carbocycles. The van der Waals surface area contributed by atoms with Gasteiger partial charge in [0.05, 0.1) is 27.7 Å². The van der Waals surface area contributed by atoms with Crippen LogP contribution in [0.4, 0.5) is 0 Å². The molecule has 0 heterocycles. The first-order valence-corrected chi connectivity index (χ1v) is 6.64. The first-order chi connectivity index (χ1) is 6.81. The molecule has 0 rings (SSSR count). The molecule has 0 fully saturated rings. The lowest BCUT2D eigenvalue weighted by Crippen LogP contribution is -2.36. The number of carbonyl (C=O) groups excluding carboxylic acids is 1. The van der Waals surface area contributed by atoms with E-state index in [1.807, 2.05) is 25.6 Å². The minimum absolute atomic E-state index is 0.169. The van der Waals surface area contributed by atoms with Crippen LogP contribution in [-0.4, -0.2) is 55.6 Å². The molecule has 4 heteroatoms. The van der Waals surface area contributed by atoms with Crippen molar-refractivity contribution in [3.05, 3.63) is 0 Å². The zero-order chi connectivity index (χ0) is 11.9. The number of thioether (sulfide) groups is 1. The zero-order valence-corrected chi connectivity index (χ0v) is 11.5.